The minimum absolute atomic E-state index is 0.0137. The van der Waals surface area contributed by atoms with E-state index in [1.165, 1.54) is 12.1 Å². The molecule has 0 N–H and O–H groups in total. The Labute approximate surface area is 136 Å². The first-order valence-electron chi connectivity index (χ1n) is 6.24. The molecule has 0 radical (unpaired) electrons. The van der Waals surface area contributed by atoms with Gasteiger partial charge < -0.3 is 0 Å². The van der Waals surface area contributed by atoms with Gasteiger partial charge in [0.15, 0.2) is 24.7 Å². The molecule has 0 spiro atoms. The van der Waals surface area contributed by atoms with Gasteiger partial charge in [-0.2, -0.15) is 13.2 Å². The minimum Gasteiger partial charge on any atom is -0.255 e. The molecule has 2 aromatic rings. The SMILES string of the molecule is CS(=O)(=O)c1ccc(-c2cc(C(F)(F)F)nc(S(C)(=O)=O)c2)nc1. The Morgan fingerprint density at radius 1 is 0.958 bits per heavy atom. The third-order valence-corrected chi connectivity index (χ3v) is 5.00. The van der Waals surface area contributed by atoms with Crippen LogP contribution < -0.4 is 0 Å². The Morgan fingerprint density at radius 3 is 2.00 bits per heavy atom. The molecular formula is C13H11F3N2O4S2. The number of sulfone groups is 2. The molecule has 0 saturated heterocycles. The highest BCUT2D eigenvalue weighted by Crippen LogP contribution is 2.32. The molecule has 0 unspecified atom stereocenters. The second-order valence-electron chi connectivity index (χ2n) is 5.00. The fourth-order valence-electron chi connectivity index (χ4n) is 1.76. The van der Waals surface area contributed by atoms with Crippen molar-refractivity contribution in [2.75, 3.05) is 12.5 Å². The molecule has 0 saturated carbocycles. The van der Waals surface area contributed by atoms with Gasteiger partial charge in [0.05, 0.1) is 10.6 Å². The zero-order valence-corrected chi connectivity index (χ0v) is 14.0. The van der Waals surface area contributed by atoms with Gasteiger partial charge in [0.1, 0.15) is 5.69 Å². The molecule has 2 aromatic heterocycles. The molecule has 0 aliphatic heterocycles. The van der Waals surface area contributed by atoms with Gasteiger partial charge in [-0.3, -0.25) is 4.98 Å². The van der Waals surface area contributed by atoms with Crippen LogP contribution in [0.1, 0.15) is 5.69 Å². The van der Waals surface area contributed by atoms with Crippen LogP contribution >= 0.6 is 0 Å². The summed E-state index contributed by atoms with van der Waals surface area (Å²) in [7, 11) is -7.50. The van der Waals surface area contributed by atoms with Crippen molar-refractivity contribution in [3.05, 3.63) is 36.2 Å². The maximum absolute atomic E-state index is 12.9. The maximum Gasteiger partial charge on any atom is 0.433 e. The van der Waals surface area contributed by atoms with Crippen LogP contribution in [0.15, 0.2) is 40.4 Å². The summed E-state index contributed by atoms with van der Waals surface area (Å²) in [5.41, 5.74) is -1.53. The number of pyridine rings is 2. The molecule has 6 nitrogen and oxygen atoms in total. The fraction of sp³-hybridized carbons (Fsp3) is 0.231. The third kappa shape index (κ3) is 4.09. The molecule has 2 heterocycles. The van der Waals surface area contributed by atoms with E-state index in [-0.39, 0.29) is 16.2 Å². The number of nitrogens with zero attached hydrogens (tertiary/aromatic N) is 2. The molecule has 2 rings (SSSR count). The molecule has 11 heteroatoms. The molecule has 0 aliphatic carbocycles. The predicted octanol–water partition coefficient (Wildman–Crippen LogP) is 1.97. The van der Waals surface area contributed by atoms with Gasteiger partial charge in [0, 0.05) is 24.3 Å². The van der Waals surface area contributed by atoms with E-state index in [0.29, 0.717) is 6.07 Å². The lowest BCUT2D eigenvalue weighted by atomic mass is 10.1. The van der Waals surface area contributed by atoms with E-state index in [2.05, 4.69) is 9.97 Å². The molecule has 130 valence electrons. The first kappa shape index (κ1) is 18.3. The predicted molar refractivity (Wildman–Crippen MR) is 78.7 cm³/mol. The van der Waals surface area contributed by atoms with Crippen LogP contribution in [0.3, 0.4) is 0 Å². The molecule has 0 aliphatic rings. The number of hydrogen-bond acceptors (Lipinski definition) is 6. The average molecular weight is 380 g/mol. The lowest BCUT2D eigenvalue weighted by Gasteiger charge is -2.10. The third-order valence-electron chi connectivity index (χ3n) is 2.93. The highest BCUT2D eigenvalue weighted by molar-refractivity contribution is 7.91. The zero-order valence-electron chi connectivity index (χ0n) is 12.4. The van der Waals surface area contributed by atoms with Crippen LogP contribution in [0, 0.1) is 0 Å². The molecule has 0 fully saturated rings. The largest absolute Gasteiger partial charge is 0.433 e. The summed E-state index contributed by atoms with van der Waals surface area (Å²) in [6, 6.07) is 3.97. The van der Waals surface area contributed by atoms with Gasteiger partial charge in [-0.1, -0.05) is 0 Å². The van der Waals surface area contributed by atoms with Crippen molar-refractivity contribution >= 4 is 19.7 Å². The Morgan fingerprint density at radius 2 is 1.58 bits per heavy atom. The number of aromatic nitrogens is 2. The summed E-state index contributed by atoms with van der Waals surface area (Å²) < 4.78 is 84.6. The van der Waals surface area contributed by atoms with Crippen molar-refractivity contribution in [1.29, 1.82) is 0 Å². The smallest absolute Gasteiger partial charge is 0.255 e. The van der Waals surface area contributed by atoms with Crippen LogP contribution in [0.2, 0.25) is 0 Å². The number of rotatable bonds is 3. The van der Waals surface area contributed by atoms with Crippen LogP contribution in [0.5, 0.6) is 0 Å². The Hall–Kier alpha value is -2.01. The summed E-state index contributed by atoms with van der Waals surface area (Å²) >= 11 is 0. The normalized spacial score (nSPS) is 13.0. The molecular weight excluding hydrogens is 369 g/mol. The van der Waals surface area contributed by atoms with Crippen molar-refractivity contribution in [2.45, 2.75) is 16.1 Å². The molecule has 24 heavy (non-hydrogen) atoms. The first-order valence-corrected chi connectivity index (χ1v) is 10.0. The Bertz CT molecular complexity index is 983. The van der Waals surface area contributed by atoms with Gasteiger partial charge >= 0.3 is 6.18 Å². The van der Waals surface area contributed by atoms with E-state index >= 15 is 0 Å². The summed E-state index contributed by atoms with van der Waals surface area (Å²) in [5.74, 6) is 0. The maximum atomic E-state index is 12.9. The van der Waals surface area contributed by atoms with Crippen LogP contribution in [-0.4, -0.2) is 39.3 Å². The number of alkyl halides is 3. The minimum atomic E-state index is -4.85. The van der Waals surface area contributed by atoms with E-state index in [1.54, 1.807) is 0 Å². The average Bonchev–Trinajstić information content (AvgIpc) is 2.44. The van der Waals surface area contributed by atoms with Crippen molar-refractivity contribution < 1.29 is 30.0 Å². The zero-order chi connectivity index (χ0) is 18.3. The number of hydrogen-bond donors (Lipinski definition) is 0. The van der Waals surface area contributed by atoms with E-state index in [4.69, 9.17) is 0 Å². The first-order chi connectivity index (χ1) is 10.8. The van der Waals surface area contributed by atoms with Crippen molar-refractivity contribution in [1.82, 2.24) is 9.97 Å². The van der Waals surface area contributed by atoms with E-state index in [9.17, 15) is 30.0 Å². The highest BCUT2D eigenvalue weighted by Gasteiger charge is 2.34. The molecule has 0 atom stereocenters. The summed E-state index contributed by atoms with van der Waals surface area (Å²) in [6.07, 6.45) is -2.17. The van der Waals surface area contributed by atoms with Crippen LogP contribution in [0.25, 0.3) is 11.3 Å². The number of halogens is 3. The molecule has 0 amide bonds. The lowest BCUT2D eigenvalue weighted by Crippen LogP contribution is -2.12. The highest BCUT2D eigenvalue weighted by atomic mass is 32.2. The van der Waals surface area contributed by atoms with Crippen molar-refractivity contribution in [2.24, 2.45) is 0 Å². The van der Waals surface area contributed by atoms with Gasteiger partial charge in [0.25, 0.3) is 0 Å². The van der Waals surface area contributed by atoms with Crippen LogP contribution in [0.4, 0.5) is 13.2 Å². The van der Waals surface area contributed by atoms with Gasteiger partial charge in [-0.15, -0.1) is 0 Å². The second-order valence-corrected chi connectivity index (χ2v) is 8.98. The molecule has 0 aromatic carbocycles. The standard InChI is InChI=1S/C13H11F3N2O4S2/c1-23(19,20)9-3-4-10(17-7-9)8-5-11(13(14,15)16)18-12(6-8)24(2,21)22/h3-7H,1-2H3. The quantitative estimate of drug-likeness (QED) is 0.808. The van der Waals surface area contributed by atoms with Crippen molar-refractivity contribution in [3.8, 4) is 11.3 Å². The van der Waals surface area contributed by atoms with Gasteiger partial charge in [-0.05, 0) is 24.3 Å². The van der Waals surface area contributed by atoms with Crippen LogP contribution in [-0.2, 0) is 25.9 Å². The topological polar surface area (TPSA) is 94.1 Å². The Kier molecular flexibility index (Phi) is 4.44. The summed E-state index contributed by atoms with van der Waals surface area (Å²) in [6.45, 7) is 0. The monoisotopic (exact) mass is 380 g/mol. The Balaban J connectivity index is 2.66. The second kappa shape index (κ2) is 5.81. The lowest BCUT2D eigenvalue weighted by molar-refractivity contribution is -0.141. The fourth-order valence-corrected chi connectivity index (χ4v) is 2.92. The van der Waals surface area contributed by atoms with E-state index < -0.39 is 36.6 Å². The van der Waals surface area contributed by atoms with Gasteiger partial charge in [0.2, 0.25) is 0 Å². The molecule has 0 bridgehead atoms. The van der Waals surface area contributed by atoms with E-state index in [1.807, 2.05) is 0 Å². The van der Waals surface area contributed by atoms with E-state index in [0.717, 1.165) is 24.8 Å². The summed E-state index contributed by atoms with van der Waals surface area (Å²) in [5, 5.41) is -0.749. The van der Waals surface area contributed by atoms with Gasteiger partial charge in [-0.25, -0.2) is 21.8 Å². The summed E-state index contributed by atoms with van der Waals surface area (Å²) in [4.78, 5) is 6.80. The van der Waals surface area contributed by atoms with Crippen molar-refractivity contribution in [3.63, 3.8) is 0 Å².